The van der Waals surface area contributed by atoms with Crippen molar-refractivity contribution in [3.8, 4) is 0 Å². The molecule has 6 heteroatoms. The van der Waals surface area contributed by atoms with Crippen molar-refractivity contribution in [3.63, 3.8) is 0 Å². The van der Waals surface area contributed by atoms with Crippen LogP contribution in [-0.2, 0) is 20.7 Å². The van der Waals surface area contributed by atoms with Gasteiger partial charge in [0.1, 0.15) is 6.04 Å². The van der Waals surface area contributed by atoms with Gasteiger partial charge in [0.2, 0.25) is 0 Å². The summed E-state index contributed by atoms with van der Waals surface area (Å²) in [6.07, 6.45) is 2.35. The number of hydrogen-bond donors (Lipinski definition) is 0. The van der Waals surface area contributed by atoms with Crippen LogP contribution in [0.25, 0.3) is 0 Å². The number of esters is 1. The highest BCUT2D eigenvalue weighted by Gasteiger charge is 2.31. The Balaban J connectivity index is 2.96. The number of ether oxygens (including phenoxy) is 2. The third kappa shape index (κ3) is 7.34. The van der Waals surface area contributed by atoms with Gasteiger partial charge in [0.15, 0.2) is 0 Å². The molecule has 1 rings (SSSR count). The van der Waals surface area contributed by atoms with Gasteiger partial charge in [-0.1, -0.05) is 44.0 Å². The molecule has 0 bridgehead atoms. The van der Waals surface area contributed by atoms with Gasteiger partial charge >= 0.3 is 12.1 Å². The van der Waals surface area contributed by atoms with Gasteiger partial charge < -0.3 is 9.47 Å². The highest BCUT2D eigenvalue weighted by atomic mass is 35.5. The minimum atomic E-state index is -0.713. The van der Waals surface area contributed by atoms with Crippen molar-refractivity contribution in [3.05, 3.63) is 34.9 Å². The maximum absolute atomic E-state index is 12.5. The van der Waals surface area contributed by atoms with E-state index < -0.39 is 18.1 Å². The van der Waals surface area contributed by atoms with Crippen LogP contribution in [0.3, 0.4) is 0 Å². The summed E-state index contributed by atoms with van der Waals surface area (Å²) in [5.41, 5.74) is 0.907. The number of unbranched alkanes of at least 4 members (excludes halogenated alkanes) is 1. The molecule has 0 aliphatic rings. The van der Waals surface area contributed by atoms with Crippen LogP contribution in [0.4, 0.5) is 4.79 Å². The number of carbonyl (C=O) groups excluding carboxylic acids is 2. The van der Waals surface area contributed by atoms with Crippen LogP contribution in [0.2, 0.25) is 5.02 Å². The molecule has 0 saturated heterocycles. The van der Waals surface area contributed by atoms with E-state index in [4.69, 9.17) is 21.1 Å². The van der Waals surface area contributed by atoms with Crippen molar-refractivity contribution < 1.29 is 19.1 Å². The fourth-order valence-corrected chi connectivity index (χ4v) is 2.53. The monoisotopic (exact) mass is 369 g/mol. The van der Waals surface area contributed by atoms with Crippen molar-refractivity contribution >= 4 is 23.7 Å². The van der Waals surface area contributed by atoms with Gasteiger partial charge in [0, 0.05) is 18.0 Å². The summed E-state index contributed by atoms with van der Waals surface area (Å²) in [5, 5.41) is 0.626. The Morgan fingerprint density at radius 2 is 1.76 bits per heavy atom. The Morgan fingerprint density at radius 3 is 2.32 bits per heavy atom. The molecule has 0 aromatic heterocycles. The molecule has 0 fully saturated rings. The van der Waals surface area contributed by atoms with Crippen LogP contribution in [0.1, 0.15) is 45.6 Å². The lowest BCUT2D eigenvalue weighted by Gasteiger charge is -2.29. The number of benzene rings is 1. The first-order valence-corrected chi connectivity index (χ1v) is 9.25. The van der Waals surface area contributed by atoms with Gasteiger partial charge in [0.25, 0.3) is 0 Å². The smallest absolute Gasteiger partial charge is 0.410 e. The first-order chi connectivity index (χ1) is 12.0. The van der Waals surface area contributed by atoms with Crippen molar-refractivity contribution in [2.45, 2.75) is 52.5 Å². The van der Waals surface area contributed by atoms with Crippen molar-refractivity contribution in [1.82, 2.24) is 4.90 Å². The van der Waals surface area contributed by atoms with Crippen LogP contribution in [0.15, 0.2) is 24.3 Å². The molecular formula is C19H28ClNO4. The van der Waals surface area contributed by atoms with Crippen LogP contribution in [0, 0.1) is 0 Å². The molecule has 0 radical (unpaired) electrons. The second-order valence-corrected chi connectivity index (χ2v) is 6.20. The zero-order valence-corrected chi connectivity index (χ0v) is 16.1. The van der Waals surface area contributed by atoms with E-state index >= 15 is 0 Å². The normalized spacial score (nSPS) is 11.7. The number of amides is 1. The first-order valence-electron chi connectivity index (χ1n) is 8.87. The van der Waals surface area contributed by atoms with E-state index in [-0.39, 0.29) is 6.61 Å². The van der Waals surface area contributed by atoms with Gasteiger partial charge in [-0.25, -0.2) is 9.59 Å². The Morgan fingerprint density at radius 1 is 1.08 bits per heavy atom. The number of nitrogens with zero attached hydrogens (tertiary/aromatic N) is 1. The molecule has 1 atom stereocenters. The minimum Gasteiger partial charge on any atom is -0.464 e. The van der Waals surface area contributed by atoms with Crippen LogP contribution >= 0.6 is 11.6 Å². The van der Waals surface area contributed by atoms with Gasteiger partial charge in [-0.05, 0) is 37.5 Å². The maximum Gasteiger partial charge on any atom is 0.410 e. The van der Waals surface area contributed by atoms with Crippen molar-refractivity contribution in [2.75, 3.05) is 19.8 Å². The van der Waals surface area contributed by atoms with E-state index in [0.29, 0.717) is 24.6 Å². The van der Waals surface area contributed by atoms with E-state index in [1.807, 2.05) is 26.0 Å². The van der Waals surface area contributed by atoms with E-state index in [2.05, 4.69) is 0 Å². The van der Waals surface area contributed by atoms with Gasteiger partial charge in [-0.2, -0.15) is 0 Å². The molecule has 1 amide bonds. The highest BCUT2D eigenvalue weighted by molar-refractivity contribution is 6.30. The lowest BCUT2D eigenvalue weighted by molar-refractivity contribution is -0.149. The SMILES string of the molecule is CCCCOC(=O)N(CCC)C(Cc1ccc(Cl)cc1)C(=O)OCC. The summed E-state index contributed by atoms with van der Waals surface area (Å²) >= 11 is 5.92. The number of hydrogen-bond acceptors (Lipinski definition) is 4. The molecule has 1 aromatic carbocycles. The lowest BCUT2D eigenvalue weighted by Crippen LogP contribution is -2.48. The number of rotatable bonds is 10. The maximum atomic E-state index is 12.5. The fraction of sp³-hybridized carbons (Fsp3) is 0.579. The Bertz CT molecular complexity index is 533. The Labute approximate surface area is 155 Å². The van der Waals surface area contributed by atoms with Crippen LogP contribution in [0.5, 0.6) is 0 Å². The zero-order chi connectivity index (χ0) is 18.7. The topological polar surface area (TPSA) is 55.8 Å². The molecule has 0 aliphatic carbocycles. The number of carbonyl (C=O) groups is 2. The third-order valence-electron chi connectivity index (χ3n) is 3.70. The van der Waals surface area contributed by atoms with Crippen molar-refractivity contribution in [1.29, 1.82) is 0 Å². The van der Waals surface area contributed by atoms with E-state index in [1.165, 1.54) is 4.90 Å². The molecule has 0 N–H and O–H groups in total. The highest BCUT2D eigenvalue weighted by Crippen LogP contribution is 2.16. The predicted octanol–water partition coefficient (Wildman–Crippen LogP) is 4.46. The summed E-state index contributed by atoms with van der Waals surface area (Å²) in [7, 11) is 0. The largest absolute Gasteiger partial charge is 0.464 e. The fourth-order valence-electron chi connectivity index (χ4n) is 2.40. The first kappa shape index (κ1) is 21.3. The average molecular weight is 370 g/mol. The van der Waals surface area contributed by atoms with E-state index in [1.54, 1.807) is 19.1 Å². The lowest BCUT2D eigenvalue weighted by atomic mass is 10.0. The molecule has 1 aromatic rings. The van der Waals surface area contributed by atoms with Crippen molar-refractivity contribution in [2.24, 2.45) is 0 Å². The summed E-state index contributed by atoms with van der Waals surface area (Å²) in [6, 6.07) is 6.52. The van der Waals surface area contributed by atoms with Crippen LogP contribution < -0.4 is 0 Å². The van der Waals surface area contributed by atoms with E-state index in [9.17, 15) is 9.59 Å². The molecule has 0 aliphatic heterocycles. The standard InChI is InChI=1S/C19H28ClNO4/c1-4-7-13-25-19(23)21(12-5-2)17(18(22)24-6-3)14-15-8-10-16(20)11-9-15/h8-11,17H,4-7,12-14H2,1-3H3. The Hall–Kier alpha value is -1.75. The number of halogens is 1. The Kier molecular flexibility index (Phi) is 10.0. The average Bonchev–Trinajstić information content (AvgIpc) is 2.60. The molecule has 140 valence electrons. The molecule has 25 heavy (non-hydrogen) atoms. The zero-order valence-electron chi connectivity index (χ0n) is 15.3. The van der Waals surface area contributed by atoms with Crippen LogP contribution in [-0.4, -0.2) is 42.8 Å². The minimum absolute atomic E-state index is 0.265. The quantitative estimate of drug-likeness (QED) is 0.451. The van der Waals surface area contributed by atoms with Gasteiger partial charge in [-0.15, -0.1) is 0 Å². The third-order valence-corrected chi connectivity index (χ3v) is 3.95. The molecule has 1 unspecified atom stereocenters. The second kappa shape index (κ2) is 11.7. The van der Waals surface area contributed by atoms with Gasteiger partial charge in [-0.3, -0.25) is 4.90 Å². The summed E-state index contributed by atoms with van der Waals surface area (Å²) in [4.78, 5) is 26.4. The molecular weight excluding hydrogens is 342 g/mol. The summed E-state index contributed by atoms with van der Waals surface area (Å²) in [5.74, 6) is -0.418. The van der Waals surface area contributed by atoms with E-state index in [0.717, 1.165) is 24.8 Å². The molecule has 0 heterocycles. The van der Waals surface area contributed by atoms with Gasteiger partial charge in [0.05, 0.1) is 13.2 Å². The summed E-state index contributed by atoms with van der Waals surface area (Å²) in [6.45, 7) is 6.78. The molecule has 0 spiro atoms. The molecule has 0 saturated carbocycles. The molecule has 5 nitrogen and oxygen atoms in total. The predicted molar refractivity (Wildman–Crippen MR) is 98.8 cm³/mol. The summed E-state index contributed by atoms with van der Waals surface area (Å²) < 4.78 is 10.5. The second-order valence-electron chi connectivity index (χ2n) is 5.76.